The Hall–Kier alpha value is -3.64. The molecule has 2 rings (SSSR count). The zero-order valence-electron chi connectivity index (χ0n) is 13.0. The fraction of sp³-hybridized carbons (Fsp3) is 0.111. The predicted octanol–water partition coefficient (Wildman–Crippen LogP) is 2.42. The van der Waals surface area contributed by atoms with Crippen LogP contribution >= 0.6 is 0 Å². The summed E-state index contributed by atoms with van der Waals surface area (Å²) >= 11 is 0. The Morgan fingerprint density at radius 1 is 1.04 bits per heavy atom. The standard InChI is InChI=1S/C18H14N4O2/c1-13(23)22(17-5-3-2-4-15(17)11-20)12-18(24)21-16-8-6-14(10-19)7-9-16/h2-9H,12H2,1H3,(H,21,24). The van der Waals surface area contributed by atoms with Gasteiger partial charge in [-0.25, -0.2) is 0 Å². The van der Waals surface area contributed by atoms with Crippen molar-refractivity contribution in [3.8, 4) is 12.1 Å². The number of para-hydroxylation sites is 1. The van der Waals surface area contributed by atoms with Crippen LogP contribution in [-0.4, -0.2) is 18.4 Å². The van der Waals surface area contributed by atoms with E-state index in [0.717, 1.165) is 0 Å². The second-order valence-corrected chi connectivity index (χ2v) is 4.97. The lowest BCUT2D eigenvalue weighted by Gasteiger charge is -2.21. The van der Waals surface area contributed by atoms with Gasteiger partial charge in [0, 0.05) is 12.6 Å². The Bertz CT molecular complexity index is 845. The molecule has 0 unspecified atom stereocenters. The zero-order chi connectivity index (χ0) is 17.5. The van der Waals surface area contributed by atoms with Crippen molar-refractivity contribution < 1.29 is 9.59 Å². The molecule has 0 bridgehead atoms. The van der Waals surface area contributed by atoms with Crippen molar-refractivity contribution in [2.45, 2.75) is 6.92 Å². The van der Waals surface area contributed by atoms with E-state index in [9.17, 15) is 9.59 Å². The summed E-state index contributed by atoms with van der Waals surface area (Å²) in [4.78, 5) is 25.3. The topological polar surface area (TPSA) is 97.0 Å². The summed E-state index contributed by atoms with van der Waals surface area (Å²) in [7, 11) is 0. The fourth-order valence-electron chi connectivity index (χ4n) is 2.14. The molecule has 2 aromatic carbocycles. The molecule has 0 radical (unpaired) electrons. The summed E-state index contributed by atoms with van der Waals surface area (Å²) in [6.45, 7) is 1.12. The number of hydrogen-bond donors (Lipinski definition) is 1. The van der Waals surface area contributed by atoms with Crippen LogP contribution in [0.15, 0.2) is 48.5 Å². The Morgan fingerprint density at radius 2 is 1.71 bits per heavy atom. The van der Waals surface area contributed by atoms with Crippen LogP contribution in [0.2, 0.25) is 0 Å². The lowest BCUT2D eigenvalue weighted by molar-refractivity contribution is -0.120. The highest BCUT2D eigenvalue weighted by molar-refractivity contribution is 6.02. The Labute approximate surface area is 139 Å². The molecule has 0 aromatic heterocycles. The van der Waals surface area contributed by atoms with Gasteiger partial charge in [-0.1, -0.05) is 12.1 Å². The first kappa shape index (κ1) is 16.7. The average Bonchev–Trinajstić information content (AvgIpc) is 2.60. The molecule has 0 saturated heterocycles. The zero-order valence-corrected chi connectivity index (χ0v) is 13.0. The molecule has 24 heavy (non-hydrogen) atoms. The first-order valence-electron chi connectivity index (χ1n) is 7.12. The predicted molar refractivity (Wildman–Crippen MR) is 89.0 cm³/mol. The van der Waals surface area contributed by atoms with Crippen molar-refractivity contribution in [2.24, 2.45) is 0 Å². The third kappa shape index (κ3) is 3.96. The second-order valence-electron chi connectivity index (χ2n) is 4.97. The SMILES string of the molecule is CC(=O)N(CC(=O)Nc1ccc(C#N)cc1)c1ccccc1C#N. The van der Waals surface area contributed by atoms with Crippen LogP contribution in [-0.2, 0) is 9.59 Å². The quantitative estimate of drug-likeness (QED) is 0.936. The van der Waals surface area contributed by atoms with E-state index < -0.39 is 5.91 Å². The third-order valence-corrected chi connectivity index (χ3v) is 3.29. The van der Waals surface area contributed by atoms with E-state index in [4.69, 9.17) is 10.5 Å². The lowest BCUT2D eigenvalue weighted by atomic mass is 10.1. The second kappa shape index (κ2) is 7.57. The van der Waals surface area contributed by atoms with Gasteiger partial charge < -0.3 is 10.2 Å². The van der Waals surface area contributed by atoms with E-state index in [1.807, 2.05) is 12.1 Å². The van der Waals surface area contributed by atoms with Gasteiger partial charge in [-0.15, -0.1) is 0 Å². The monoisotopic (exact) mass is 318 g/mol. The molecule has 6 nitrogen and oxygen atoms in total. The molecule has 6 heteroatoms. The lowest BCUT2D eigenvalue weighted by Crippen LogP contribution is -2.37. The number of hydrogen-bond acceptors (Lipinski definition) is 4. The van der Waals surface area contributed by atoms with Gasteiger partial charge in [0.05, 0.1) is 22.9 Å². The van der Waals surface area contributed by atoms with Gasteiger partial charge in [-0.3, -0.25) is 9.59 Å². The van der Waals surface area contributed by atoms with Gasteiger partial charge in [0.1, 0.15) is 12.6 Å². The summed E-state index contributed by atoms with van der Waals surface area (Å²) in [6, 6.07) is 17.0. The Balaban J connectivity index is 2.16. The van der Waals surface area contributed by atoms with Crippen molar-refractivity contribution in [1.82, 2.24) is 0 Å². The van der Waals surface area contributed by atoms with Crippen LogP contribution in [0.4, 0.5) is 11.4 Å². The van der Waals surface area contributed by atoms with Crippen LogP contribution < -0.4 is 10.2 Å². The van der Waals surface area contributed by atoms with Crippen molar-refractivity contribution >= 4 is 23.2 Å². The van der Waals surface area contributed by atoms with E-state index in [2.05, 4.69) is 5.32 Å². The molecular weight excluding hydrogens is 304 g/mol. The minimum atomic E-state index is -0.400. The molecule has 0 fully saturated rings. The molecule has 0 atom stereocenters. The number of benzene rings is 2. The fourth-order valence-corrected chi connectivity index (χ4v) is 2.14. The number of amides is 2. The molecule has 0 aliphatic rings. The van der Waals surface area contributed by atoms with Crippen LogP contribution in [0, 0.1) is 22.7 Å². The van der Waals surface area contributed by atoms with Crippen molar-refractivity contribution in [1.29, 1.82) is 10.5 Å². The largest absolute Gasteiger partial charge is 0.325 e. The summed E-state index contributed by atoms with van der Waals surface area (Å²) in [5.74, 6) is -0.740. The Kier molecular flexibility index (Phi) is 5.28. The van der Waals surface area contributed by atoms with E-state index >= 15 is 0 Å². The highest BCUT2D eigenvalue weighted by Gasteiger charge is 2.18. The molecule has 1 N–H and O–H groups in total. The molecular formula is C18H14N4O2. The number of nitriles is 2. The highest BCUT2D eigenvalue weighted by atomic mass is 16.2. The van der Waals surface area contributed by atoms with Crippen molar-refractivity contribution in [3.05, 3.63) is 59.7 Å². The number of rotatable bonds is 4. The summed E-state index contributed by atoms with van der Waals surface area (Å²) in [5.41, 5.74) is 1.72. The maximum absolute atomic E-state index is 12.2. The van der Waals surface area contributed by atoms with Gasteiger partial charge in [-0.2, -0.15) is 10.5 Å². The highest BCUT2D eigenvalue weighted by Crippen LogP contribution is 2.20. The summed E-state index contributed by atoms with van der Waals surface area (Å²) in [5, 5.41) is 20.6. The minimum Gasteiger partial charge on any atom is -0.325 e. The van der Waals surface area contributed by atoms with Gasteiger partial charge in [0.15, 0.2) is 0 Å². The van der Waals surface area contributed by atoms with Crippen molar-refractivity contribution in [3.63, 3.8) is 0 Å². The van der Waals surface area contributed by atoms with Gasteiger partial charge >= 0.3 is 0 Å². The normalized spacial score (nSPS) is 9.46. The Morgan fingerprint density at radius 3 is 2.29 bits per heavy atom. The maximum Gasteiger partial charge on any atom is 0.244 e. The van der Waals surface area contributed by atoms with E-state index in [0.29, 0.717) is 22.5 Å². The first-order valence-corrected chi connectivity index (χ1v) is 7.12. The third-order valence-electron chi connectivity index (χ3n) is 3.29. The van der Waals surface area contributed by atoms with Crippen LogP contribution in [0.25, 0.3) is 0 Å². The number of nitrogens with one attached hydrogen (secondary N) is 1. The number of nitrogens with zero attached hydrogens (tertiary/aromatic N) is 3. The van der Waals surface area contributed by atoms with Gasteiger partial charge in [0.2, 0.25) is 11.8 Å². The minimum absolute atomic E-state index is 0.214. The smallest absolute Gasteiger partial charge is 0.244 e. The van der Waals surface area contributed by atoms with Crippen LogP contribution in [0.1, 0.15) is 18.1 Å². The van der Waals surface area contributed by atoms with Crippen molar-refractivity contribution in [2.75, 3.05) is 16.8 Å². The van der Waals surface area contributed by atoms with Gasteiger partial charge in [-0.05, 0) is 36.4 Å². The first-order chi connectivity index (χ1) is 11.5. The van der Waals surface area contributed by atoms with Gasteiger partial charge in [0.25, 0.3) is 0 Å². The number of anilines is 2. The van der Waals surface area contributed by atoms with E-state index in [-0.39, 0.29) is 12.5 Å². The molecule has 0 aliphatic heterocycles. The average molecular weight is 318 g/mol. The number of carbonyl (C=O) groups is 2. The van der Waals surface area contributed by atoms with Crippen LogP contribution in [0.3, 0.4) is 0 Å². The molecule has 0 aliphatic carbocycles. The molecule has 118 valence electrons. The molecule has 2 aromatic rings. The molecule has 0 heterocycles. The summed E-state index contributed by atoms with van der Waals surface area (Å²) < 4.78 is 0. The molecule has 0 spiro atoms. The number of carbonyl (C=O) groups excluding carboxylic acids is 2. The summed E-state index contributed by atoms with van der Waals surface area (Å²) in [6.07, 6.45) is 0. The maximum atomic E-state index is 12.2. The van der Waals surface area contributed by atoms with E-state index in [1.54, 1.807) is 48.5 Å². The van der Waals surface area contributed by atoms with E-state index in [1.165, 1.54) is 11.8 Å². The molecule has 2 amide bonds. The molecule has 0 saturated carbocycles. The van der Waals surface area contributed by atoms with Crippen LogP contribution in [0.5, 0.6) is 0 Å².